The lowest BCUT2D eigenvalue weighted by Crippen LogP contribution is -2.02. The zero-order valence-electron chi connectivity index (χ0n) is 13.8. The third kappa shape index (κ3) is 3.05. The van der Waals surface area contributed by atoms with Gasteiger partial charge in [0.2, 0.25) is 0 Å². The molecule has 0 amide bonds. The first-order valence-electron chi connectivity index (χ1n) is 8.58. The van der Waals surface area contributed by atoms with E-state index in [1.165, 1.54) is 47.2 Å². The highest BCUT2D eigenvalue weighted by Crippen LogP contribution is 2.33. The standard InChI is InChI=1S/C18H16.C4H2O3/c1-3-7-15-13(5-1)9-11-18-16-8-4-2-6-14(16)10-12-17(15)18;5-3-1-2-4(6)7-3/h1,3,5,7,9-12H,2,4,6,8H2;1-2H. The van der Waals surface area contributed by atoms with Gasteiger partial charge < -0.3 is 4.74 Å². The van der Waals surface area contributed by atoms with Crippen molar-refractivity contribution in [1.29, 1.82) is 0 Å². The van der Waals surface area contributed by atoms with Crippen LogP contribution in [0.4, 0.5) is 0 Å². The Morgan fingerprint density at radius 1 is 0.680 bits per heavy atom. The Morgan fingerprint density at radius 3 is 2.16 bits per heavy atom. The van der Waals surface area contributed by atoms with Crippen LogP contribution in [0.2, 0.25) is 0 Å². The fourth-order valence-corrected chi connectivity index (χ4v) is 3.65. The highest BCUT2D eigenvalue weighted by Gasteiger charge is 2.13. The molecule has 3 aromatic carbocycles. The number of ether oxygens (including phenoxy) is 1. The minimum absolute atomic E-state index is 0.579. The summed E-state index contributed by atoms with van der Waals surface area (Å²) in [5.41, 5.74) is 3.17. The lowest BCUT2D eigenvalue weighted by Gasteiger charge is -2.18. The second-order valence-electron chi connectivity index (χ2n) is 6.37. The normalized spacial score (nSPS) is 15.7. The van der Waals surface area contributed by atoms with Gasteiger partial charge in [-0.2, -0.15) is 0 Å². The Labute approximate surface area is 145 Å². The topological polar surface area (TPSA) is 43.4 Å². The third-order valence-corrected chi connectivity index (χ3v) is 4.81. The zero-order chi connectivity index (χ0) is 17.2. The number of hydrogen-bond donors (Lipinski definition) is 0. The predicted octanol–water partition coefficient (Wildman–Crippen LogP) is 4.50. The van der Waals surface area contributed by atoms with Crippen molar-refractivity contribution in [3.63, 3.8) is 0 Å². The Bertz CT molecular complexity index is 998. The fourth-order valence-electron chi connectivity index (χ4n) is 3.65. The summed E-state index contributed by atoms with van der Waals surface area (Å²) in [4.78, 5) is 19.8. The highest BCUT2D eigenvalue weighted by molar-refractivity contribution is 6.08. The molecule has 0 saturated carbocycles. The SMILES string of the molecule is O=C1C=CC(=O)O1.c1ccc2c(c1)ccc1c3c(ccc12)CCCC3. The van der Waals surface area contributed by atoms with Gasteiger partial charge in [-0.25, -0.2) is 9.59 Å². The van der Waals surface area contributed by atoms with Gasteiger partial charge in [0.05, 0.1) is 0 Å². The van der Waals surface area contributed by atoms with Crippen molar-refractivity contribution in [3.8, 4) is 0 Å². The van der Waals surface area contributed by atoms with Crippen LogP contribution in [0.25, 0.3) is 21.5 Å². The maximum atomic E-state index is 9.92. The molecule has 0 N–H and O–H groups in total. The molecule has 0 bridgehead atoms. The van der Waals surface area contributed by atoms with Crippen molar-refractivity contribution >= 4 is 33.5 Å². The molecule has 0 saturated heterocycles. The van der Waals surface area contributed by atoms with Gasteiger partial charge in [-0.3, -0.25) is 0 Å². The van der Waals surface area contributed by atoms with E-state index in [0.717, 1.165) is 12.2 Å². The Balaban J connectivity index is 0.000000190. The summed E-state index contributed by atoms with van der Waals surface area (Å²) >= 11 is 0. The number of fused-ring (bicyclic) bond motifs is 5. The molecule has 3 nitrogen and oxygen atoms in total. The molecule has 2 aliphatic rings. The number of carbonyl (C=O) groups is 2. The first-order valence-corrected chi connectivity index (χ1v) is 8.58. The molecule has 124 valence electrons. The molecule has 0 unspecified atom stereocenters. The zero-order valence-corrected chi connectivity index (χ0v) is 13.8. The van der Waals surface area contributed by atoms with Crippen molar-refractivity contribution in [2.45, 2.75) is 25.7 Å². The number of aryl methyl sites for hydroxylation is 2. The number of esters is 2. The molecule has 0 aromatic heterocycles. The average Bonchev–Trinajstić information content (AvgIpc) is 3.04. The average molecular weight is 330 g/mol. The Morgan fingerprint density at radius 2 is 1.40 bits per heavy atom. The van der Waals surface area contributed by atoms with Gasteiger partial charge in [0, 0.05) is 12.2 Å². The van der Waals surface area contributed by atoms with E-state index in [4.69, 9.17) is 0 Å². The van der Waals surface area contributed by atoms with Crippen LogP contribution >= 0.6 is 0 Å². The van der Waals surface area contributed by atoms with Crippen molar-refractivity contribution < 1.29 is 14.3 Å². The largest absolute Gasteiger partial charge is 0.387 e. The van der Waals surface area contributed by atoms with E-state index < -0.39 is 11.9 Å². The molecular formula is C22H18O3. The van der Waals surface area contributed by atoms with Crippen LogP contribution in [0.5, 0.6) is 0 Å². The van der Waals surface area contributed by atoms with Crippen molar-refractivity contribution in [3.05, 3.63) is 71.8 Å². The summed E-state index contributed by atoms with van der Waals surface area (Å²) in [6.07, 6.45) is 7.39. The van der Waals surface area contributed by atoms with Gasteiger partial charge >= 0.3 is 11.9 Å². The number of benzene rings is 3. The quantitative estimate of drug-likeness (QED) is 0.346. The van der Waals surface area contributed by atoms with Gasteiger partial charge in [0.1, 0.15) is 0 Å². The molecular weight excluding hydrogens is 312 g/mol. The third-order valence-electron chi connectivity index (χ3n) is 4.81. The second-order valence-corrected chi connectivity index (χ2v) is 6.37. The number of cyclic esters (lactones) is 2. The van der Waals surface area contributed by atoms with E-state index in [1.807, 2.05) is 0 Å². The lowest BCUT2D eigenvalue weighted by molar-refractivity contribution is -0.150. The van der Waals surface area contributed by atoms with E-state index in [9.17, 15) is 9.59 Å². The molecule has 3 aromatic rings. The van der Waals surface area contributed by atoms with Crippen LogP contribution in [-0.2, 0) is 27.2 Å². The highest BCUT2D eigenvalue weighted by atomic mass is 16.6. The van der Waals surface area contributed by atoms with E-state index in [-0.39, 0.29) is 0 Å². The summed E-state index contributed by atoms with van der Waals surface area (Å²) in [6, 6.07) is 18.0. The molecule has 0 fully saturated rings. The maximum absolute atomic E-state index is 9.92. The van der Waals surface area contributed by atoms with Crippen molar-refractivity contribution in [2.24, 2.45) is 0 Å². The molecule has 3 heteroatoms. The molecule has 0 spiro atoms. The van der Waals surface area contributed by atoms with E-state index in [1.54, 1.807) is 11.1 Å². The first-order chi connectivity index (χ1) is 12.2. The van der Waals surface area contributed by atoms with Gasteiger partial charge in [0.15, 0.2) is 0 Å². The molecule has 25 heavy (non-hydrogen) atoms. The second kappa shape index (κ2) is 6.52. The molecule has 0 radical (unpaired) electrons. The predicted molar refractivity (Wildman–Crippen MR) is 98.3 cm³/mol. The van der Waals surface area contributed by atoms with Gasteiger partial charge in [-0.05, 0) is 58.4 Å². The summed E-state index contributed by atoms with van der Waals surface area (Å²) in [7, 11) is 0. The Hall–Kier alpha value is -2.94. The molecule has 5 rings (SSSR count). The number of carbonyl (C=O) groups excluding carboxylic acids is 2. The minimum atomic E-state index is -0.579. The molecule has 1 heterocycles. The fraction of sp³-hybridized carbons (Fsp3) is 0.182. The summed E-state index contributed by atoms with van der Waals surface area (Å²) in [6.45, 7) is 0. The summed E-state index contributed by atoms with van der Waals surface area (Å²) in [5.74, 6) is -1.16. The van der Waals surface area contributed by atoms with Crippen LogP contribution in [0.15, 0.2) is 60.7 Å². The van der Waals surface area contributed by atoms with E-state index in [0.29, 0.717) is 0 Å². The van der Waals surface area contributed by atoms with Crippen molar-refractivity contribution in [2.75, 3.05) is 0 Å². The van der Waals surface area contributed by atoms with Crippen LogP contribution in [0, 0.1) is 0 Å². The van der Waals surface area contributed by atoms with Crippen molar-refractivity contribution in [1.82, 2.24) is 0 Å². The van der Waals surface area contributed by atoms with Crippen LogP contribution < -0.4 is 0 Å². The lowest BCUT2D eigenvalue weighted by atomic mass is 9.86. The monoisotopic (exact) mass is 330 g/mol. The molecule has 1 aliphatic heterocycles. The van der Waals surface area contributed by atoms with E-state index >= 15 is 0 Å². The Kier molecular flexibility index (Phi) is 4.06. The first kappa shape index (κ1) is 15.6. The molecule has 1 aliphatic carbocycles. The maximum Gasteiger partial charge on any atom is 0.338 e. The van der Waals surface area contributed by atoms with Gasteiger partial charge in [0.25, 0.3) is 0 Å². The van der Waals surface area contributed by atoms with Gasteiger partial charge in [-0.1, -0.05) is 48.5 Å². The van der Waals surface area contributed by atoms with Crippen LogP contribution in [0.3, 0.4) is 0 Å². The smallest absolute Gasteiger partial charge is 0.338 e. The van der Waals surface area contributed by atoms with Gasteiger partial charge in [-0.15, -0.1) is 0 Å². The summed E-state index contributed by atoms with van der Waals surface area (Å²) < 4.78 is 3.97. The van der Waals surface area contributed by atoms with Crippen LogP contribution in [-0.4, -0.2) is 11.9 Å². The number of hydrogen-bond acceptors (Lipinski definition) is 3. The minimum Gasteiger partial charge on any atom is -0.387 e. The number of rotatable bonds is 0. The summed E-state index contributed by atoms with van der Waals surface area (Å²) in [5, 5.41) is 5.64. The molecule has 0 atom stereocenters. The van der Waals surface area contributed by atoms with Crippen LogP contribution in [0.1, 0.15) is 24.0 Å². The van der Waals surface area contributed by atoms with E-state index in [2.05, 4.69) is 53.3 Å².